The van der Waals surface area contributed by atoms with E-state index in [1.165, 1.54) is 12.8 Å². The van der Waals surface area contributed by atoms with Crippen LogP contribution in [0.15, 0.2) is 0 Å². The molecule has 0 aliphatic heterocycles. The third-order valence-corrected chi connectivity index (χ3v) is 3.90. The van der Waals surface area contributed by atoms with Gasteiger partial charge in [-0.25, -0.2) is 0 Å². The fourth-order valence-corrected chi connectivity index (χ4v) is 3.12. The molecule has 1 rings (SSSR count). The van der Waals surface area contributed by atoms with Crippen LogP contribution in [-0.4, -0.2) is 31.7 Å². The number of nitrogens with two attached hydrogens (primary N) is 1. The average Bonchev–Trinajstić information content (AvgIpc) is 2.28. The van der Waals surface area contributed by atoms with Crippen molar-refractivity contribution in [3.8, 4) is 0 Å². The fraction of sp³-hybridized carbons (Fsp3) is 0.929. The first kappa shape index (κ1) is 15.4. The number of hydrogen-bond donors (Lipinski definition) is 2. The second kappa shape index (κ2) is 7.10. The molecule has 0 heterocycles. The monoisotopic (exact) mass is 256 g/mol. The molecular weight excluding hydrogens is 228 g/mol. The summed E-state index contributed by atoms with van der Waals surface area (Å²) in [6, 6.07) is 0. The van der Waals surface area contributed by atoms with Gasteiger partial charge in [-0.15, -0.1) is 0 Å². The third-order valence-electron chi connectivity index (χ3n) is 3.90. The number of carbonyl (C=O) groups excluding carboxylic acids is 1. The molecule has 0 spiro atoms. The van der Waals surface area contributed by atoms with E-state index in [0.29, 0.717) is 25.0 Å². The van der Waals surface area contributed by atoms with Crippen LogP contribution in [0, 0.1) is 11.8 Å². The lowest BCUT2D eigenvalue weighted by atomic mass is 9.72. The van der Waals surface area contributed by atoms with Crippen molar-refractivity contribution >= 4 is 5.91 Å². The second-order valence-electron chi connectivity index (χ2n) is 5.96. The molecule has 18 heavy (non-hydrogen) atoms. The molecule has 3 N–H and O–H groups in total. The van der Waals surface area contributed by atoms with E-state index in [1.807, 2.05) is 0 Å². The number of carbonyl (C=O) groups is 1. The van der Waals surface area contributed by atoms with Crippen LogP contribution in [-0.2, 0) is 9.53 Å². The first-order chi connectivity index (χ1) is 8.50. The van der Waals surface area contributed by atoms with E-state index in [4.69, 9.17) is 10.5 Å². The van der Waals surface area contributed by atoms with Gasteiger partial charge >= 0.3 is 0 Å². The maximum absolute atomic E-state index is 11.8. The van der Waals surface area contributed by atoms with Gasteiger partial charge in [-0.2, -0.15) is 0 Å². The smallest absolute Gasteiger partial charge is 0.237 e. The number of hydrogen-bond acceptors (Lipinski definition) is 3. The molecule has 1 aliphatic rings. The van der Waals surface area contributed by atoms with Crippen LogP contribution < -0.4 is 11.1 Å². The van der Waals surface area contributed by atoms with Crippen LogP contribution in [0.2, 0.25) is 0 Å². The van der Waals surface area contributed by atoms with Gasteiger partial charge in [0.15, 0.2) is 0 Å². The molecule has 4 nitrogen and oxygen atoms in total. The van der Waals surface area contributed by atoms with Crippen LogP contribution in [0.25, 0.3) is 0 Å². The van der Waals surface area contributed by atoms with Gasteiger partial charge in [0.25, 0.3) is 0 Å². The first-order valence-corrected chi connectivity index (χ1v) is 7.04. The maximum atomic E-state index is 11.8. The van der Waals surface area contributed by atoms with Crippen LogP contribution in [0.1, 0.15) is 46.0 Å². The van der Waals surface area contributed by atoms with Crippen LogP contribution in [0.4, 0.5) is 0 Å². The summed E-state index contributed by atoms with van der Waals surface area (Å²) in [6.45, 7) is 5.77. The standard InChI is InChI=1S/C14H28N2O2/c1-11(2)9-12-5-4-6-14(10-12,13(15)17)16-7-8-18-3/h11-12,16H,4-10H2,1-3H3,(H2,15,17). The zero-order valence-electron chi connectivity index (χ0n) is 12.0. The summed E-state index contributed by atoms with van der Waals surface area (Å²) in [4.78, 5) is 11.8. The molecule has 1 amide bonds. The molecule has 0 radical (unpaired) electrons. The molecule has 2 unspecified atom stereocenters. The van der Waals surface area contributed by atoms with Gasteiger partial charge in [-0.1, -0.05) is 26.7 Å². The maximum Gasteiger partial charge on any atom is 0.237 e. The zero-order chi connectivity index (χ0) is 13.6. The number of rotatable bonds is 7. The average molecular weight is 256 g/mol. The molecular formula is C14H28N2O2. The van der Waals surface area contributed by atoms with Crippen molar-refractivity contribution in [3.63, 3.8) is 0 Å². The van der Waals surface area contributed by atoms with Crippen LogP contribution in [0.3, 0.4) is 0 Å². The molecule has 2 atom stereocenters. The predicted molar refractivity (Wildman–Crippen MR) is 73.2 cm³/mol. The minimum absolute atomic E-state index is 0.202. The lowest BCUT2D eigenvalue weighted by Crippen LogP contribution is -2.58. The topological polar surface area (TPSA) is 64.3 Å². The molecule has 106 valence electrons. The highest BCUT2D eigenvalue weighted by atomic mass is 16.5. The molecule has 1 fully saturated rings. The highest BCUT2D eigenvalue weighted by molar-refractivity contribution is 5.84. The Bertz CT molecular complexity index is 269. The van der Waals surface area contributed by atoms with Gasteiger partial charge in [-0.3, -0.25) is 4.79 Å². The van der Waals surface area contributed by atoms with E-state index >= 15 is 0 Å². The van der Waals surface area contributed by atoms with Gasteiger partial charge in [0.2, 0.25) is 5.91 Å². The van der Waals surface area contributed by atoms with Gasteiger partial charge in [0, 0.05) is 13.7 Å². The van der Waals surface area contributed by atoms with Gasteiger partial charge < -0.3 is 15.8 Å². The van der Waals surface area contributed by atoms with E-state index in [1.54, 1.807) is 7.11 Å². The molecule has 0 aromatic heterocycles. The summed E-state index contributed by atoms with van der Waals surface area (Å²) in [7, 11) is 1.67. The van der Waals surface area contributed by atoms with Crippen molar-refractivity contribution in [1.82, 2.24) is 5.32 Å². The van der Waals surface area contributed by atoms with Crippen molar-refractivity contribution in [3.05, 3.63) is 0 Å². The normalized spacial score (nSPS) is 28.6. The van der Waals surface area contributed by atoms with Gasteiger partial charge in [-0.05, 0) is 31.1 Å². The molecule has 1 saturated carbocycles. The number of amides is 1. The summed E-state index contributed by atoms with van der Waals surface area (Å²) in [6.07, 6.45) is 5.23. The highest BCUT2D eigenvalue weighted by Crippen LogP contribution is 2.35. The highest BCUT2D eigenvalue weighted by Gasteiger charge is 2.40. The van der Waals surface area contributed by atoms with Crippen molar-refractivity contribution < 1.29 is 9.53 Å². The Balaban J connectivity index is 2.62. The third kappa shape index (κ3) is 4.25. The summed E-state index contributed by atoms with van der Waals surface area (Å²) >= 11 is 0. The zero-order valence-corrected chi connectivity index (χ0v) is 12.0. The van der Waals surface area contributed by atoms with Crippen molar-refractivity contribution in [2.45, 2.75) is 51.5 Å². The van der Waals surface area contributed by atoms with Crippen LogP contribution >= 0.6 is 0 Å². The van der Waals surface area contributed by atoms with Crippen molar-refractivity contribution in [1.29, 1.82) is 0 Å². The molecule has 0 aromatic rings. The summed E-state index contributed by atoms with van der Waals surface area (Å²) < 4.78 is 5.03. The summed E-state index contributed by atoms with van der Waals surface area (Å²) in [5, 5.41) is 3.34. The molecule has 0 bridgehead atoms. The van der Waals surface area contributed by atoms with E-state index in [9.17, 15) is 4.79 Å². The van der Waals surface area contributed by atoms with E-state index in [2.05, 4.69) is 19.2 Å². The molecule has 0 saturated heterocycles. The van der Waals surface area contributed by atoms with Crippen molar-refractivity contribution in [2.75, 3.05) is 20.3 Å². The Hall–Kier alpha value is -0.610. The van der Waals surface area contributed by atoms with E-state index in [-0.39, 0.29) is 5.91 Å². The van der Waals surface area contributed by atoms with Crippen LogP contribution in [0.5, 0.6) is 0 Å². The first-order valence-electron chi connectivity index (χ1n) is 7.04. The lowest BCUT2D eigenvalue weighted by Gasteiger charge is -2.40. The minimum atomic E-state index is -0.504. The Labute approximate surface area is 111 Å². The largest absolute Gasteiger partial charge is 0.383 e. The molecule has 0 aromatic carbocycles. The predicted octanol–water partition coefficient (Wildman–Crippen LogP) is 1.68. The Kier molecular flexibility index (Phi) is 6.09. The quantitative estimate of drug-likeness (QED) is 0.681. The van der Waals surface area contributed by atoms with E-state index < -0.39 is 5.54 Å². The minimum Gasteiger partial charge on any atom is -0.383 e. The second-order valence-corrected chi connectivity index (χ2v) is 5.96. The fourth-order valence-electron chi connectivity index (χ4n) is 3.12. The van der Waals surface area contributed by atoms with E-state index in [0.717, 1.165) is 19.3 Å². The van der Waals surface area contributed by atoms with Gasteiger partial charge in [0.1, 0.15) is 0 Å². The number of methoxy groups -OCH3 is 1. The Morgan fingerprint density at radius 1 is 1.56 bits per heavy atom. The molecule has 1 aliphatic carbocycles. The summed E-state index contributed by atoms with van der Waals surface area (Å²) in [5.41, 5.74) is 5.13. The molecule has 4 heteroatoms. The van der Waals surface area contributed by atoms with Crippen molar-refractivity contribution in [2.24, 2.45) is 17.6 Å². The lowest BCUT2D eigenvalue weighted by molar-refractivity contribution is -0.126. The number of nitrogens with one attached hydrogen (secondary N) is 1. The van der Waals surface area contributed by atoms with Gasteiger partial charge in [0.05, 0.1) is 12.1 Å². The number of ether oxygens (including phenoxy) is 1. The Morgan fingerprint density at radius 2 is 2.28 bits per heavy atom. The number of primary amides is 1. The summed E-state index contributed by atoms with van der Waals surface area (Å²) in [5.74, 6) is 1.09. The Morgan fingerprint density at radius 3 is 2.83 bits per heavy atom. The SMILES string of the molecule is COCCNC1(C(N)=O)CCCC(CC(C)C)C1.